The number of amides is 2. The zero-order chi connectivity index (χ0) is 26.3. The number of anilines is 1. The minimum absolute atomic E-state index is 0.00271. The number of carbonyl (C=O) groups excluding carboxylic acids is 3. The molecule has 198 valence electrons. The Morgan fingerprint density at radius 1 is 1.05 bits per heavy atom. The number of nitrogens with zero attached hydrogens (tertiary/aromatic N) is 1. The number of benzene rings is 2. The fourth-order valence-corrected chi connectivity index (χ4v) is 5.90. The molecule has 2 amide bonds. The Bertz CT molecular complexity index is 1210. The van der Waals surface area contributed by atoms with Crippen molar-refractivity contribution < 1.29 is 22.8 Å². The zero-order valence-corrected chi connectivity index (χ0v) is 21.6. The smallest absolute Gasteiger partial charge is 0.328 e. The van der Waals surface area contributed by atoms with Crippen LogP contribution in [0.4, 0.5) is 10.5 Å². The van der Waals surface area contributed by atoms with Crippen molar-refractivity contribution in [3.05, 3.63) is 59.7 Å². The third-order valence-corrected chi connectivity index (χ3v) is 8.32. The van der Waals surface area contributed by atoms with Gasteiger partial charge >= 0.3 is 6.03 Å². The molecule has 10 heteroatoms. The van der Waals surface area contributed by atoms with Gasteiger partial charge in [-0.3, -0.25) is 10.1 Å². The van der Waals surface area contributed by atoms with Crippen molar-refractivity contribution in [2.45, 2.75) is 74.9 Å². The third kappa shape index (κ3) is 7.17. The van der Waals surface area contributed by atoms with Crippen molar-refractivity contribution in [3.8, 4) is 0 Å². The SMILES string of the molecule is O=CC(CCC(=O)Cc1ccc(S(=O)(=O)NC(=O)NC2CCCCC2)cc1)N1CNCc2ccccc21. The minimum Gasteiger partial charge on any atom is -0.349 e. The van der Waals surface area contributed by atoms with Crippen LogP contribution in [-0.2, 0) is 32.6 Å². The molecule has 0 saturated heterocycles. The largest absolute Gasteiger partial charge is 0.349 e. The average molecular weight is 527 g/mol. The monoisotopic (exact) mass is 526 g/mol. The van der Waals surface area contributed by atoms with E-state index in [0.717, 1.165) is 56.2 Å². The van der Waals surface area contributed by atoms with Gasteiger partial charge in [-0.05, 0) is 48.6 Å². The second kappa shape index (κ2) is 12.3. The second-order valence-corrected chi connectivity index (χ2v) is 11.4. The summed E-state index contributed by atoms with van der Waals surface area (Å²) in [5.74, 6) is -0.0364. The predicted octanol–water partition coefficient (Wildman–Crippen LogP) is 3.03. The summed E-state index contributed by atoms with van der Waals surface area (Å²) in [5.41, 5.74) is 2.79. The molecule has 3 N–H and O–H groups in total. The van der Waals surface area contributed by atoms with E-state index < -0.39 is 22.1 Å². The number of para-hydroxylation sites is 1. The number of carbonyl (C=O) groups is 3. The summed E-state index contributed by atoms with van der Waals surface area (Å²) < 4.78 is 27.2. The van der Waals surface area contributed by atoms with Gasteiger partial charge in [0.25, 0.3) is 10.0 Å². The van der Waals surface area contributed by atoms with Crippen LogP contribution >= 0.6 is 0 Å². The molecule has 2 aromatic carbocycles. The van der Waals surface area contributed by atoms with Gasteiger partial charge in [-0.2, -0.15) is 0 Å². The van der Waals surface area contributed by atoms with E-state index >= 15 is 0 Å². The molecule has 1 atom stereocenters. The molecule has 0 spiro atoms. The molecule has 1 unspecified atom stereocenters. The van der Waals surface area contributed by atoms with Crippen molar-refractivity contribution in [1.82, 2.24) is 15.4 Å². The summed E-state index contributed by atoms with van der Waals surface area (Å²) in [7, 11) is -4.01. The molecule has 0 radical (unpaired) electrons. The normalized spacial score (nSPS) is 16.9. The van der Waals surface area contributed by atoms with Gasteiger partial charge in [0.2, 0.25) is 0 Å². The molecule has 1 fully saturated rings. The topological polar surface area (TPSA) is 125 Å². The van der Waals surface area contributed by atoms with Crippen LogP contribution in [0.3, 0.4) is 0 Å². The molecule has 1 saturated carbocycles. The second-order valence-electron chi connectivity index (χ2n) is 9.70. The number of sulfonamides is 1. The molecule has 0 bridgehead atoms. The minimum atomic E-state index is -4.01. The molecule has 1 aliphatic carbocycles. The highest BCUT2D eigenvalue weighted by molar-refractivity contribution is 7.90. The maximum atomic E-state index is 12.6. The molecule has 1 aliphatic heterocycles. The third-order valence-electron chi connectivity index (χ3n) is 6.98. The van der Waals surface area contributed by atoms with Crippen LogP contribution in [-0.4, -0.2) is 45.3 Å². The molecule has 4 rings (SSSR count). The quantitative estimate of drug-likeness (QED) is 0.407. The summed E-state index contributed by atoms with van der Waals surface area (Å²) in [5, 5.41) is 6.02. The van der Waals surface area contributed by atoms with Gasteiger partial charge in [0.05, 0.1) is 17.6 Å². The highest BCUT2D eigenvalue weighted by Crippen LogP contribution is 2.26. The molecule has 2 aromatic rings. The van der Waals surface area contributed by atoms with Crippen LogP contribution in [0.2, 0.25) is 0 Å². The number of ketones is 1. The van der Waals surface area contributed by atoms with Gasteiger partial charge in [0, 0.05) is 31.1 Å². The Balaban J connectivity index is 1.28. The highest BCUT2D eigenvalue weighted by Gasteiger charge is 2.24. The summed E-state index contributed by atoms with van der Waals surface area (Å²) in [6, 6.07) is 12.7. The summed E-state index contributed by atoms with van der Waals surface area (Å²) >= 11 is 0. The molecule has 37 heavy (non-hydrogen) atoms. The van der Waals surface area contributed by atoms with E-state index in [9.17, 15) is 22.8 Å². The lowest BCUT2D eigenvalue weighted by molar-refractivity contribution is -0.118. The summed E-state index contributed by atoms with van der Waals surface area (Å²) in [6.07, 6.45) is 6.53. The predicted molar refractivity (Wildman–Crippen MR) is 141 cm³/mol. The lowest BCUT2D eigenvalue weighted by Crippen LogP contribution is -2.46. The Labute approximate surface area is 218 Å². The first kappa shape index (κ1) is 26.8. The number of urea groups is 1. The number of nitrogens with one attached hydrogen (secondary N) is 3. The maximum Gasteiger partial charge on any atom is 0.328 e. The lowest BCUT2D eigenvalue weighted by Gasteiger charge is -2.35. The van der Waals surface area contributed by atoms with Gasteiger partial charge in [-0.25, -0.2) is 17.9 Å². The van der Waals surface area contributed by atoms with Crippen molar-refractivity contribution in [2.24, 2.45) is 0 Å². The number of rotatable bonds is 10. The fourth-order valence-electron chi connectivity index (χ4n) is 4.98. The average Bonchev–Trinajstić information content (AvgIpc) is 2.89. The van der Waals surface area contributed by atoms with E-state index in [4.69, 9.17) is 0 Å². The van der Waals surface area contributed by atoms with Crippen molar-refractivity contribution in [1.29, 1.82) is 0 Å². The summed E-state index contributed by atoms with van der Waals surface area (Å²) in [4.78, 5) is 38.6. The molecule has 0 aromatic heterocycles. The van der Waals surface area contributed by atoms with Crippen molar-refractivity contribution >= 4 is 33.8 Å². The first-order valence-electron chi connectivity index (χ1n) is 12.8. The number of fused-ring (bicyclic) bond motifs is 1. The van der Waals surface area contributed by atoms with Crippen molar-refractivity contribution in [3.63, 3.8) is 0 Å². The number of Topliss-reactive ketones (excluding diaryl/α,β-unsaturated/α-hetero) is 1. The van der Waals surface area contributed by atoms with E-state index in [1.54, 1.807) is 12.1 Å². The number of hydrogen-bond acceptors (Lipinski definition) is 7. The maximum absolute atomic E-state index is 12.6. The van der Waals surface area contributed by atoms with Gasteiger partial charge in [0.1, 0.15) is 12.1 Å². The van der Waals surface area contributed by atoms with E-state index in [1.165, 1.54) is 12.1 Å². The van der Waals surface area contributed by atoms with Crippen LogP contribution in [0.1, 0.15) is 56.1 Å². The number of hydrogen-bond donors (Lipinski definition) is 3. The number of aldehydes is 1. The molecular formula is C27H34N4O5S. The molecule has 2 aliphatic rings. The van der Waals surface area contributed by atoms with E-state index in [-0.39, 0.29) is 29.6 Å². The van der Waals surface area contributed by atoms with E-state index in [0.29, 0.717) is 18.7 Å². The first-order valence-corrected chi connectivity index (χ1v) is 14.3. The lowest BCUT2D eigenvalue weighted by atomic mass is 9.96. The summed E-state index contributed by atoms with van der Waals surface area (Å²) in [6.45, 7) is 1.28. The molecule has 1 heterocycles. The van der Waals surface area contributed by atoms with Crippen LogP contribution in [0.15, 0.2) is 53.4 Å². The van der Waals surface area contributed by atoms with Crippen LogP contribution in [0.25, 0.3) is 0 Å². The first-order chi connectivity index (χ1) is 17.9. The van der Waals surface area contributed by atoms with Crippen LogP contribution < -0.4 is 20.3 Å². The van der Waals surface area contributed by atoms with Gasteiger partial charge < -0.3 is 15.0 Å². The Morgan fingerprint density at radius 3 is 2.51 bits per heavy atom. The Hall–Kier alpha value is -3.24. The Kier molecular flexibility index (Phi) is 8.94. The van der Waals surface area contributed by atoms with E-state index in [1.807, 2.05) is 29.2 Å². The van der Waals surface area contributed by atoms with Crippen LogP contribution in [0, 0.1) is 0 Å². The van der Waals surface area contributed by atoms with Crippen LogP contribution in [0.5, 0.6) is 0 Å². The zero-order valence-electron chi connectivity index (χ0n) is 20.8. The van der Waals surface area contributed by atoms with Gasteiger partial charge in [0.15, 0.2) is 0 Å². The van der Waals surface area contributed by atoms with Gasteiger partial charge in [-0.15, -0.1) is 0 Å². The van der Waals surface area contributed by atoms with Crippen molar-refractivity contribution in [2.75, 3.05) is 11.6 Å². The standard InChI is InChI=1S/C27H34N4O5S/c32-18-23(31-19-28-17-21-6-4-5-9-26(21)31)12-13-24(33)16-20-10-14-25(15-11-20)37(35,36)30-27(34)29-22-7-2-1-3-8-22/h4-6,9-11,14-15,18,22-23,28H,1-3,7-8,12-13,16-17,19H2,(H2,29,30,34). The van der Waals surface area contributed by atoms with E-state index in [2.05, 4.69) is 15.4 Å². The fraction of sp³-hybridized carbons (Fsp3) is 0.444. The molecular weight excluding hydrogens is 492 g/mol. The highest BCUT2D eigenvalue weighted by atomic mass is 32.2. The molecule has 9 nitrogen and oxygen atoms in total. The Morgan fingerprint density at radius 2 is 1.78 bits per heavy atom. The van der Waals surface area contributed by atoms with Gasteiger partial charge in [-0.1, -0.05) is 49.6 Å².